The Bertz CT molecular complexity index is 1140. The Morgan fingerprint density at radius 2 is 1.70 bits per heavy atom. The number of aryl methyl sites for hydroxylation is 1. The third-order valence-corrected chi connectivity index (χ3v) is 3.96. The highest BCUT2D eigenvalue weighted by Crippen LogP contribution is 2.36. The molecule has 4 aromatic rings. The number of alkyl halides is 3. The molecular formula is C20H18F3N7. The van der Waals surface area contributed by atoms with Crippen LogP contribution in [0.3, 0.4) is 0 Å². The van der Waals surface area contributed by atoms with Crippen molar-refractivity contribution in [1.82, 2.24) is 30.1 Å². The summed E-state index contributed by atoms with van der Waals surface area (Å²) in [6, 6.07) is 12.0. The molecule has 0 saturated carbocycles. The number of nitrogens with zero attached hydrogens (tertiary/aromatic N) is 5. The van der Waals surface area contributed by atoms with E-state index in [1.165, 1.54) is 18.2 Å². The lowest BCUT2D eigenvalue weighted by atomic mass is 10.1. The second-order valence-corrected chi connectivity index (χ2v) is 6.09. The maximum atomic E-state index is 13.5. The number of pyridine rings is 1. The SMILES string of the molecule is C.Cc1nc(Nc2cc(-c3ccccn3)nc(-c3ccccc3C(F)(F)F)n2)n[nH]1. The third kappa shape index (κ3) is 4.43. The van der Waals surface area contributed by atoms with Crippen molar-refractivity contribution in [1.29, 1.82) is 0 Å². The van der Waals surface area contributed by atoms with Gasteiger partial charge in [-0.2, -0.15) is 18.2 Å². The summed E-state index contributed by atoms with van der Waals surface area (Å²) in [5, 5.41) is 9.54. The third-order valence-electron chi connectivity index (χ3n) is 3.96. The molecule has 0 aliphatic rings. The predicted octanol–water partition coefficient (Wildman–Crippen LogP) is 5.03. The van der Waals surface area contributed by atoms with E-state index >= 15 is 0 Å². The first-order valence-corrected chi connectivity index (χ1v) is 8.53. The van der Waals surface area contributed by atoms with Crippen molar-refractivity contribution in [2.24, 2.45) is 0 Å². The summed E-state index contributed by atoms with van der Waals surface area (Å²) < 4.78 is 40.5. The van der Waals surface area contributed by atoms with Crippen molar-refractivity contribution in [2.45, 2.75) is 20.5 Å². The molecule has 7 nitrogen and oxygen atoms in total. The molecule has 0 aliphatic carbocycles. The smallest absolute Gasteiger partial charge is 0.307 e. The van der Waals surface area contributed by atoms with Gasteiger partial charge in [0, 0.05) is 17.8 Å². The van der Waals surface area contributed by atoms with E-state index in [0.717, 1.165) is 6.07 Å². The molecule has 0 aliphatic heterocycles. The molecule has 0 saturated heterocycles. The number of aromatic amines is 1. The van der Waals surface area contributed by atoms with Crippen LogP contribution in [0.1, 0.15) is 18.8 Å². The number of hydrogen-bond donors (Lipinski definition) is 2. The monoisotopic (exact) mass is 413 g/mol. The average molecular weight is 413 g/mol. The Kier molecular flexibility index (Phi) is 5.77. The van der Waals surface area contributed by atoms with Crippen LogP contribution in [0, 0.1) is 6.92 Å². The lowest BCUT2D eigenvalue weighted by Crippen LogP contribution is -2.09. The van der Waals surface area contributed by atoms with Gasteiger partial charge < -0.3 is 5.32 Å². The second kappa shape index (κ2) is 8.27. The van der Waals surface area contributed by atoms with E-state index in [0.29, 0.717) is 17.2 Å². The summed E-state index contributed by atoms with van der Waals surface area (Å²) in [7, 11) is 0. The molecule has 30 heavy (non-hydrogen) atoms. The van der Waals surface area contributed by atoms with Gasteiger partial charge in [-0.25, -0.2) is 9.97 Å². The van der Waals surface area contributed by atoms with Crippen molar-refractivity contribution in [3.63, 3.8) is 0 Å². The van der Waals surface area contributed by atoms with E-state index < -0.39 is 11.7 Å². The maximum absolute atomic E-state index is 13.5. The quantitative estimate of drug-likeness (QED) is 0.487. The van der Waals surface area contributed by atoms with E-state index in [-0.39, 0.29) is 30.6 Å². The molecule has 3 aromatic heterocycles. The molecule has 10 heteroatoms. The summed E-state index contributed by atoms with van der Waals surface area (Å²) in [4.78, 5) is 17.0. The first-order valence-electron chi connectivity index (χ1n) is 8.53. The Labute approximate surface area is 170 Å². The Morgan fingerprint density at radius 1 is 0.933 bits per heavy atom. The van der Waals surface area contributed by atoms with Crippen LogP contribution in [0.5, 0.6) is 0 Å². The van der Waals surface area contributed by atoms with Crippen LogP contribution >= 0.6 is 0 Å². The van der Waals surface area contributed by atoms with Crippen LogP contribution in [-0.2, 0) is 6.18 Å². The van der Waals surface area contributed by atoms with Gasteiger partial charge in [0.1, 0.15) is 11.6 Å². The van der Waals surface area contributed by atoms with Crippen molar-refractivity contribution in [3.8, 4) is 22.8 Å². The van der Waals surface area contributed by atoms with Crippen molar-refractivity contribution < 1.29 is 13.2 Å². The van der Waals surface area contributed by atoms with Gasteiger partial charge in [0.25, 0.3) is 0 Å². The van der Waals surface area contributed by atoms with Crippen LogP contribution < -0.4 is 5.32 Å². The van der Waals surface area contributed by atoms with Crippen molar-refractivity contribution >= 4 is 11.8 Å². The Balaban J connectivity index is 0.00000256. The number of aromatic nitrogens is 6. The minimum atomic E-state index is -4.55. The molecule has 0 amide bonds. The Hall–Kier alpha value is -3.82. The zero-order valence-electron chi connectivity index (χ0n) is 15.1. The van der Waals surface area contributed by atoms with E-state index in [1.54, 1.807) is 37.4 Å². The van der Waals surface area contributed by atoms with Gasteiger partial charge in [0.2, 0.25) is 5.95 Å². The zero-order chi connectivity index (χ0) is 20.4. The predicted molar refractivity (Wildman–Crippen MR) is 107 cm³/mol. The largest absolute Gasteiger partial charge is 0.417 e. The van der Waals surface area contributed by atoms with E-state index in [4.69, 9.17) is 0 Å². The first kappa shape index (κ1) is 20.9. The highest BCUT2D eigenvalue weighted by molar-refractivity contribution is 5.69. The van der Waals surface area contributed by atoms with Crippen LogP contribution in [0.25, 0.3) is 22.8 Å². The lowest BCUT2D eigenvalue weighted by molar-refractivity contribution is -0.137. The van der Waals surface area contributed by atoms with Crippen molar-refractivity contribution in [3.05, 3.63) is 66.1 Å². The number of rotatable bonds is 4. The summed E-state index contributed by atoms with van der Waals surface area (Å²) in [6.07, 6.45) is -2.97. The minimum absolute atomic E-state index is 0. The second-order valence-electron chi connectivity index (χ2n) is 6.09. The molecule has 0 unspecified atom stereocenters. The van der Waals surface area contributed by atoms with E-state index in [9.17, 15) is 13.2 Å². The van der Waals surface area contributed by atoms with Gasteiger partial charge in [-0.15, -0.1) is 5.10 Å². The fraction of sp³-hybridized carbons (Fsp3) is 0.150. The molecule has 1 aromatic carbocycles. The molecule has 0 fully saturated rings. The minimum Gasteiger partial charge on any atom is -0.307 e. The molecule has 154 valence electrons. The van der Waals surface area contributed by atoms with Crippen molar-refractivity contribution in [2.75, 3.05) is 5.32 Å². The first-order chi connectivity index (χ1) is 13.9. The standard InChI is InChI=1S/C19H14F3N7.CH4/c1-11-24-18(29-28-11)27-16-10-15(14-8-4-5-9-23-14)25-17(26-16)12-6-2-3-7-13(12)19(20,21)22;/h2-10H,1H3,(H2,24,25,26,27,28,29);1H4. The number of nitrogens with one attached hydrogen (secondary N) is 2. The molecule has 0 spiro atoms. The van der Waals surface area contributed by atoms with E-state index in [1.807, 2.05) is 0 Å². The number of H-pyrrole nitrogens is 1. The number of benzene rings is 1. The summed E-state index contributed by atoms with van der Waals surface area (Å²) in [5.41, 5.74) is -0.0953. The van der Waals surface area contributed by atoms with Crippen LogP contribution in [-0.4, -0.2) is 30.1 Å². The van der Waals surface area contributed by atoms with Gasteiger partial charge >= 0.3 is 6.18 Å². The van der Waals surface area contributed by atoms with Gasteiger partial charge in [-0.05, 0) is 25.1 Å². The lowest BCUT2D eigenvalue weighted by Gasteiger charge is -2.13. The van der Waals surface area contributed by atoms with Crippen LogP contribution in [0.4, 0.5) is 24.9 Å². The maximum Gasteiger partial charge on any atom is 0.417 e. The van der Waals surface area contributed by atoms with Crippen LogP contribution in [0.15, 0.2) is 54.7 Å². The number of hydrogen-bond acceptors (Lipinski definition) is 6. The highest BCUT2D eigenvalue weighted by Gasteiger charge is 2.34. The van der Waals surface area contributed by atoms with Gasteiger partial charge in [-0.1, -0.05) is 31.7 Å². The van der Waals surface area contributed by atoms with Gasteiger partial charge in [0.15, 0.2) is 5.82 Å². The summed E-state index contributed by atoms with van der Waals surface area (Å²) >= 11 is 0. The normalized spacial score (nSPS) is 11.1. The number of anilines is 2. The molecule has 0 bridgehead atoms. The molecule has 3 heterocycles. The van der Waals surface area contributed by atoms with Gasteiger partial charge in [-0.3, -0.25) is 10.1 Å². The zero-order valence-corrected chi connectivity index (χ0v) is 15.1. The summed E-state index contributed by atoms with van der Waals surface area (Å²) in [5.74, 6) is 0.972. The molecular weight excluding hydrogens is 395 g/mol. The van der Waals surface area contributed by atoms with E-state index in [2.05, 4.69) is 35.5 Å². The fourth-order valence-electron chi connectivity index (χ4n) is 2.72. The molecule has 0 atom stereocenters. The topological polar surface area (TPSA) is 92.3 Å². The Morgan fingerprint density at radius 3 is 2.37 bits per heavy atom. The fourth-order valence-corrected chi connectivity index (χ4v) is 2.72. The number of halogens is 3. The molecule has 2 N–H and O–H groups in total. The average Bonchev–Trinajstić information content (AvgIpc) is 3.12. The summed E-state index contributed by atoms with van der Waals surface area (Å²) in [6.45, 7) is 1.72. The highest BCUT2D eigenvalue weighted by atomic mass is 19.4. The van der Waals surface area contributed by atoms with Gasteiger partial charge in [0.05, 0.1) is 17.0 Å². The molecule has 0 radical (unpaired) electrons. The molecule has 4 rings (SSSR count). The van der Waals surface area contributed by atoms with Crippen LogP contribution in [0.2, 0.25) is 0 Å².